The Kier molecular flexibility index (Phi) is 6.71. The minimum atomic E-state index is -0.314. The lowest BCUT2D eigenvalue weighted by molar-refractivity contribution is -0.142. The molecule has 5 nitrogen and oxygen atoms in total. The highest BCUT2D eigenvalue weighted by Crippen LogP contribution is 2.31. The zero-order valence-electron chi connectivity index (χ0n) is 14.8. The molecule has 0 aromatic heterocycles. The first-order valence-electron chi connectivity index (χ1n) is 9.08. The van der Waals surface area contributed by atoms with Gasteiger partial charge in [0, 0.05) is 18.7 Å². The van der Waals surface area contributed by atoms with E-state index in [-0.39, 0.29) is 36.3 Å². The summed E-state index contributed by atoms with van der Waals surface area (Å²) in [5, 5.41) is 3.20. The van der Waals surface area contributed by atoms with Crippen LogP contribution in [0.3, 0.4) is 0 Å². The van der Waals surface area contributed by atoms with Crippen molar-refractivity contribution in [1.82, 2.24) is 10.2 Å². The molecule has 1 aliphatic heterocycles. The van der Waals surface area contributed by atoms with Gasteiger partial charge in [0.1, 0.15) is 6.04 Å². The van der Waals surface area contributed by atoms with E-state index in [0.29, 0.717) is 13.0 Å². The van der Waals surface area contributed by atoms with Crippen molar-refractivity contribution < 1.29 is 9.59 Å². The number of nitrogens with zero attached hydrogens (tertiary/aromatic N) is 1. The van der Waals surface area contributed by atoms with Gasteiger partial charge in [0.05, 0.1) is 6.04 Å². The van der Waals surface area contributed by atoms with Gasteiger partial charge in [-0.25, -0.2) is 0 Å². The lowest BCUT2D eigenvalue weighted by Crippen LogP contribution is -2.52. The van der Waals surface area contributed by atoms with E-state index in [9.17, 15) is 9.59 Å². The Bertz CT molecular complexity index is 635. The normalized spacial score (nSPS) is 22.5. The molecule has 2 unspecified atom stereocenters. The quantitative estimate of drug-likeness (QED) is 0.808. The van der Waals surface area contributed by atoms with E-state index in [1.807, 2.05) is 25.1 Å². The number of hydrogen-bond donors (Lipinski definition) is 2. The number of nitrogens with one attached hydrogen (secondary N) is 1. The molecule has 2 amide bonds. The molecule has 1 aromatic rings. The molecule has 1 saturated heterocycles. The number of rotatable bonds is 3. The molecule has 25 heavy (non-hydrogen) atoms. The Morgan fingerprint density at radius 1 is 1.24 bits per heavy atom. The van der Waals surface area contributed by atoms with Crippen molar-refractivity contribution in [2.24, 2.45) is 0 Å². The largest absolute Gasteiger partial charge is 0.399 e. The van der Waals surface area contributed by atoms with Gasteiger partial charge in [-0.05, 0) is 61.8 Å². The van der Waals surface area contributed by atoms with Crippen LogP contribution < -0.4 is 11.1 Å². The second kappa shape index (κ2) is 8.56. The summed E-state index contributed by atoms with van der Waals surface area (Å²) in [6, 6.07) is 5.66. The number of hydrogen-bond acceptors (Lipinski definition) is 3. The second-order valence-corrected chi connectivity index (χ2v) is 6.86. The summed E-state index contributed by atoms with van der Waals surface area (Å²) < 4.78 is 0. The number of amides is 2. The molecule has 0 bridgehead atoms. The van der Waals surface area contributed by atoms with E-state index >= 15 is 0 Å². The highest BCUT2D eigenvalue weighted by molar-refractivity contribution is 5.88. The maximum Gasteiger partial charge on any atom is 0.243 e. The maximum absolute atomic E-state index is 12.8. The molecular weight excluding hydrogens is 338 g/mol. The first kappa shape index (κ1) is 19.6. The molecule has 2 atom stereocenters. The van der Waals surface area contributed by atoms with Crippen molar-refractivity contribution in [2.75, 3.05) is 12.3 Å². The van der Waals surface area contributed by atoms with Crippen molar-refractivity contribution in [2.45, 2.75) is 64.0 Å². The standard InChI is InChI=1S/C19H27N3O2.ClH/c1-2-18(23)22-11-4-3-8-17(22)19(24)21-16-7-5-6-13-12-14(20)9-10-15(13)16;/h9-10,12,16-17H,2-8,11,20H2,1H3,(H,21,24);1H. The zero-order chi connectivity index (χ0) is 17.1. The average Bonchev–Trinajstić information content (AvgIpc) is 2.61. The third-order valence-corrected chi connectivity index (χ3v) is 5.23. The Morgan fingerprint density at radius 2 is 2.04 bits per heavy atom. The van der Waals surface area contributed by atoms with E-state index in [4.69, 9.17) is 5.73 Å². The molecule has 2 aliphatic rings. The maximum atomic E-state index is 12.8. The van der Waals surface area contributed by atoms with Gasteiger partial charge < -0.3 is 16.0 Å². The highest BCUT2D eigenvalue weighted by atomic mass is 35.5. The smallest absolute Gasteiger partial charge is 0.243 e. The van der Waals surface area contributed by atoms with Gasteiger partial charge in [0.2, 0.25) is 11.8 Å². The molecule has 1 aliphatic carbocycles. The molecule has 1 aromatic carbocycles. The van der Waals surface area contributed by atoms with Gasteiger partial charge >= 0.3 is 0 Å². The predicted octanol–water partition coefficient (Wildman–Crippen LogP) is 2.98. The average molecular weight is 366 g/mol. The summed E-state index contributed by atoms with van der Waals surface area (Å²) in [5.74, 6) is 0.0674. The van der Waals surface area contributed by atoms with Crippen molar-refractivity contribution >= 4 is 29.9 Å². The number of nitrogen functional groups attached to an aromatic ring is 1. The van der Waals surface area contributed by atoms with Gasteiger partial charge in [-0.3, -0.25) is 9.59 Å². The van der Waals surface area contributed by atoms with Gasteiger partial charge in [-0.1, -0.05) is 13.0 Å². The fourth-order valence-corrected chi connectivity index (χ4v) is 3.96. The van der Waals surface area contributed by atoms with Crippen molar-refractivity contribution in [3.05, 3.63) is 29.3 Å². The molecular formula is C19H28ClN3O2. The fourth-order valence-electron chi connectivity index (χ4n) is 3.96. The van der Waals surface area contributed by atoms with Crippen LogP contribution in [0.25, 0.3) is 0 Å². The summed E-state index contributed by atoms with van der Waals surface area (Å²) in [6.07, 6.45) is 6.20. The zero-order valence-corrected chi connectivity index (χ0v) is 15.6. The summed E-state index contributed by atoms with van der Waals surface area (Å²) in [5.41, 5.74) is 9.06. The number of carbonyl (C=O) groups excluding carboxylic acids is 2. The van der Waals surface area contributed by atoms with Gasteiger partial charge in [-0.15, -0.1) is 12.4 Å². The molecule has 6 heteroatoms. The van der Waals surface area contributed by atoms with E-state index in [2.05, 4.69) is 5.32 Å². The van der Waals surface area contributed by atoms with Crippen LogP contribution in [0.15, 0.2) is 18.2 Å². The third-order valence-electron chi connectivity index (χ3n) is 5.23. The molecule has 1 fully saturated rings. The monoisotopic (exact) mass is 365 g/mol. The second-order valence-electron chi connectivity index (χ2n) is 6.86. The summed E-state index contributed by atoms with van der Waals surface area (Å²) in [6.45, 7) is 2.55. The molecule has 138 valence electrons. The van der Waals surface area contributed by atoms with Crippen LogP contribution in [-0.4, -0.2) is 29.3 Å². The lowest BCUT2D eigenvalue weighted by Gasteiger charge is -2.36. The summed E-state index contributed by atoms with van der Waals surface area (Å²) in [4.78, 5) is 26.8. The third kappa shape index (κ3) is 4.27. The van der Waals surface area contributed by atoms with Crippen molar-refractivity contribution in [3.8, 4) is 0 Å². The van der Waals surface area contributed by atoms with Gasteiger partial charge in [-0.2, -0.15) is 0 Å². The number of benzene rings is 1. The first-order valence-corrected chi connectivity index (χ1v) is 9.08. The summed E-state index contributed by atoms with van der Waals surface area (Å²) in [7, 11) is 0. The molecule has 3 rings (SSSR count). The highest BCUT2D eigenvalue weighted by Gasteiger charge is 2.33. The minimum Gasteiger partial charge on any atom is -0.399 e. The van der Waals surface area contributed by atoms with E-state index in [0.717, 1.165) is 44.2 Å². The Morgan fingerprint density at radius 3 is 2.80 bits per heavy atom. The number of carbonyl (C=O) groups is 2. The van der Waals surface area contributed by atoms with Gasteiger partial charge in [0.15, 0.2) is 0 Å². The number of fused-ring (bicyclic) bond motifs is 1. The Hall–Kier alpha value is -1.75. The Labute approximate surface area is 155 Å². The van der Waals surface area contributed by atoms with Crippen LogP contribution in [0.4, 0.5) is 5.69 Å². The van der Waals surface area contributed by atoms with E-state index in [1.54, 1.807) is 4.90 Å². The minimum absolute atomic E-state index is 0. The van der Waals surface area contributed by atoms with E-state index < -0.39 is 0 Å². The molecule has 0 radical (unpaired) electrons. The topological polar surface area (TPSA) is 75.4 Å². The van der Waals surface area contributed by atoms with Crippen LogP contribution >= 0.6 is 12.4 Å². The SMILES string of the molecule is CCC(=O)N1CCCCC1C(=O)NC1CCCc2cc(N)ccc21.Cl. The van der Waals surface area contributed by atoms with Crippen LogP contribution in [0.2, 0.25) is 0 Å². The summed E-state index contributed by atoms with van der Waals surface area (Å²) >= 11 is 0. The fraction of sp³-hybridized carbons (Fsp3) is 0.579. The predicted molar refractivity (Wildman–Crippen MR) is 102 cm³/mol. The molecule has 0 spiro atoms. The van der Waals surface area contributed by atoms with Crippen LogP contribution in [0.5, 0.6) is 0 Å². The van der Waals surface area contributed by atoms with Crippen LogP contribution in [-0.2, 0) is 16.0 Å². The molecule has 0 saturated carbocycles. The lowest BCUT2D eigenvalue weighted by atomic mass is 9.87. The van der Waals surface area contributed by atoms with Crippen molar-refractivity contribution in [3.63, 3.8) is 0 Å². The number of aryl methyl sites for hydroxylation is 1. The number of anilines is 1. The molecule has 3 N–H and O–H groups in total. The number of halogens is 1. The number of piperidine rings is 1. The van der Waals surface area contributed by atoms with Crippen LogP contribution in [0.1, 0.15) is 62.6 Å². The van der Waals surface area contributed by atoms with Crippen molar-refractivity contribution in [1.29, 1.82) is 0 Å². The van der Waals surface area contributed by atoms with Gasteiger partial charge in [0.25, 0.3) is 0 Å². The first-order chi connectivity index (χ1) is 11.6. The number of likely N-dealkylation sites (tertiary alicyclic amines) is 1. The molecule has 1 heterocycles. The number of nitrogens with two attached hydrogens (primary N) is 1. The van der Waals surface area contributed by atoms with Crippen LogP contribution in [0, 0.1) is 0 Å². The van der Waals surface area contributed by atoms with E-state index in [1.165, 1.54) is 11.1 Å². The Balaban J connectivity index is 0.00000225.